The van der Waals surface area contributed by atoms with E-state index in [0.29, 0.717) is 19.6 Å². The topological polar surface area (TPSA) is 94.2 Å². The number of hydrogen-bond acceptors (Lipinski definition) is 4. The number of carbonyl (C=O) groups is 2. The monoisotopic (exact) mass is 432 g/mol. The van der Waals surface area contributed by atoms with E-state index in [0.717, 1.165) is 54.9 Å². The van der Waals surface area contributed by atoms with E-state index in [-0.39, 0.29) is 23.8 Å². The van der Waals surface area contributed by atoms with Crippen molar-refractivity contribution in [3.63, 3.8) is 0 Å². The number of likely N-dealkylation sites (tertiary alicyclic amines) is 2. The van der Waals surface area contributed by atoms with Crippen molar-refractivity contribution in [3.05, 3.63) is 54.5 Å². The van der Waals surface area contributed by atoms with Gasteiger partial charge in [-0.05, 0) is 49.9 Å². The predicted octanol–water partition coefficient (Wildman–Crippen LogP) is 3.61. The number of carbonyl (C=O) groups excluding carboxylic acids is 2. The molecule has 8 heteroatoms. The Morgan fingerprint density at radius 3 is 2.62 bits per heavy atom. The molecule has 5 rings (SSSR count). The molecule has 2 aliphatic heterocycles. The van der Waals surface area contributed by atoms with Crippen molar-refractivity contribution in [3.8, 4) is 0 Å². The SMILES string of the molecule is O=C(Nc1ccccc1)N1CCCC(C(=O)N2CCCC(c3nc4ncccc4[nH]3)C2)C1. The maximum Gasteiger partial charge on any atom is 0.321 e. The maximum absolute atomic E-state index is 13.4. The average molecular weight is 433 g/mol. The van der Waals surface area contributed by atoms with E-state index in [1.54, 1.807) is 11.1 Å². The molecule has 0 saturated carbocycles. The number of aromatic nitrogens is 3. The van der Waals surface area contributed by atoms with Crippen LogP contribution in [0.4, 0.5) is 10.5 Å². The molecule has 0 spiro atoms. The third kappa shape index (κ3) is 4.30. The van der Waals surface area contributed by atoms with E-state index in [2.05, 4.69) is 20.3 Å². The highest BCUT2D eigenvalue weighted by atomic mass is 16.2. The van der Waals surface area contributed by atoms with Gasteiger partial charge in [-0.1, -0.05) is 18.2 Å². The van der Waals surface area contributed by atoms with Gasteiger partial charge in [-0.2, -0.15) is 0 Å². The zero-order valence-electron chi connectivity index (χ0n) is 18.0. The largest absolute Gasteiger partial charge is 0.342 e. The normalized spacial score (nSPS) is 21.5. The molecule has 2 unspecified atom stereocenters. The second-order valence-electron chi connectivity index (χ2n) is 8.70. The van der Waals surface area contributed by atoms with E-state index in [9.17, 15) is 9.59 Å². The van der Waals surface area contributed by atoms with Gasteiger partial charge >= 0.3 is 6.03 Å². The van der Waals surface area contributed by atoms with Crippen molar-refractivity contribution < 1.29 is 9.59 Å². The van der Waals surface area contributed by atoms with Crippen LogP contribution in [0.15, 0.2) is 48.7 Å². The molecule has 0 radical (unpaired) electrons. The van der Waals surface area contributed by atoms with Gasteiger partial charge in [0.1, 0.15) is 5.82 Å². The molecule has 2 aromatic heterocycles. The lowest BCUT2D eigenvalue weighted by molar-refractivity contribution is -0.138. The Morgan fingerprint density at radius 2 is 1.78 bits per heavy atom. The molecule has 166 valence electrons. The minimum atomic E-state index is -0.152. The van der Waals surface area contributed by atoms with Crippen LogP contribution >= 0.6 is 0 Å². The van der Waals surface area contributed by atoms with Crippen molar-refractivity contribution in [2.75, 3.05) is 31.5 Å². The van der Waals surface area contributed by atoms with Gasteiger partial charge < -0.3 is 20.1 Å². The zero-order chi connectivity index (χ0) is 21.9. The summed E-state index contributed by atoms with van der Waals surface area (Å²) in [4.78, 5) is 42.1. The molecule has 2 N–H and O–H groups in total. The Balaban J connectivity index is 1.22. The van der Waals surface area contributed by atoms with E-state index >= 15 is 0 Å². The molecule has 32 heavy (non-hydrogen) atoms. The van der Waals surface area contributed by atoms with Crippen LogP contribution in [0.1, 0.15) is 37.4 Å². The number of para-hydroxylation sites is 1. The summed E-state index contributed by atoms with van der Waals surface area (Å²) in [7, 11) is 0. The molecule has 2 fully saturated rings. The van der Waals surface area contributed by atoms with E-state index in [1.807, 2.05) is 47.4 Å². The third-order valence-electron chi connectivity index (χ3n) is 6.48. The first-order chi connectivity index (χ1) is 15.7. The van der Waals surface area contributed by atoms with Crippen molar-refractivity contribution in [1.29, 1.82) is 0 Å². The Hall–Kier alpha value is -3.42. The predicted molar refractivity (Wildman–Crippen MR) is 122 cm³/mol. The quantitative estimate of drug-likeness (QED) is 0.661. The Bertz CT molecular complexity index is 1070. The van der Waals surface area contributed by atoms with Crippen molar-refractivity contribution in [2.24, 2.45) is 5.92 Å². The number of fused-ring (bicyclic) bond motifs is 1. The first kappa shape index (κ1) is 20.5. The van der Waals surface area contributed by atoms with Crippen LogP contribution in [-0.2, 0) is 4.79 Å². The summed E-state index contributed by atoms with van der Waals surface area (Å²) in [5.41, 5.74) is 2.42. The number of H-pyrrole nitrogens is 1. The van der Waals surface area contributed by atoms with Gasteiger partial charge in [0.2, 0.25) is 5.91 Å². The summed E-state index contributed by atoms with van der Waals surface area (Å²) in [5.74, 6) is 1.09. The number of nitrogens with zero attached hydrogens (tertiary/aromatic N) is 4. The molecule has 3 aromatic rings. The first-order valence-electron chi connectivity index (χ1n) is 11.4. The highest BCUT2D eigenvalue weighted by Gasteiger charge is 2.34. The van der Waals surface area contributed by atoms with E-state index in [4.69, 9.17) is 0 Å². The number of hydrogen-bond donors (Lipinski definition) is 2. The number of nitrogens with one attached hydrogen (secondary N) is 2. The number of rotatable bonds is 3. The molecule has 1 aromatic carbocycles. The molecule has 2 saturated heterocycles. The molecular formula is C24H28N6O2. The lowest BCUT2D eigenvalue weighted by atomic mass is 9.93. The number of amides is 3. The van der Waals surface area contributed by atoms with Crippen molar-refractivity contribution in [1.82, 2.24) is 24.8 Å². The van der Waals surface area contributed by atoms with Gasteiger partial charge in [0.25, 0.3) is 0 Å². The van der Waals surface area contributed by atoms with Crippen LogP contribution in [0.25, 0.3) is 11.2 Å². The Morgan fingerprint density at radius 1 is 0.969 bits per heavy atom. The molecule has 2 aliphatic rings. The zero-order valence-corrected chi connectivity index (χ0v) is 18.0. The van der Waals surface area contributed by atoms with E-state index in [1.165, 1.54) is 0 Å². The minimum absolute atomic E-state index is 0.139. The number of benzene rings is 1. The fraction of sp³-hybridized carbons (Fsp3) is 0.417. The molecule has 2 atom stereocenters. The van der Waals surface area contributed by atoms with E-state index < -0.39 is 0 Å². The van der Waals surface area contributed by atoms with Crippen LogP contribution in [-0.4, -0.2) is 62.9 Å². The highest BCUT2D eigenvalue weighted by molar-refractivity contribution is 5.90. The third-order valence-corrected chi connectivity index (χ3v) is 6.48. The maximum atomic E-state index is 13.4. The second kappa shape index (κ2) is 8.98. The lowest BCUT2D eigenvalue weighted by Crippen LogP contribution is -2.49. The van der Waals surface area contributed by atoms with Gasteiger partial charge in [-0.25, -0.2) is 14.8 Å². The molecule has 0 bridgehead atoms. The molecule has 4 heterocycles. The minimum Gasteiger partial charge on any atom is -0.342 e. The molecule has 8 nitrogen and oxygen atoms in total. The van der Waals surface area contributed by atoms with Crippen LogP contribution < -0.4 is 5.32 Å². The van der Waals surface area contributed by atoms with Crippen LogP contribution in [0.2, 0.25) is 0 Å². The van der Waals surface area contributed by atoms with Gasteiger partial charge in [0.05, 0.1) is 11.4 Å². The fourth-order valence-corrected chi connectivity index (χ4v) is 4.80. The number of imidazole rings is 1. The van der Waals surface area contributed by atoms with Crippen molar-refractivity contribution >= 4 is 28.8 Å². The summed E-state index contributed by atoms with van der Waals surface area (Å²) in [6, 6.07) is 13.2. The van der Waals surface area contributed by atoms with Crippen LogP contribution in [0, 0.1) is 5.92 Å². The van der Waals surface area contributed by atoms with Gasteiger partial charge in [0.15, 0.2) is 5.65 Å². The molecule has 0 aliphatic carbocycles. The fourth-order valence-electron chi connectivity index (χ4n) is 4.80. The Labute approximate surface area is 187 Å². The number of urea groups is 1. The van der Waals surface area contributed by atoms with Crippen molar-refractivity contribution in [2.45, 2.75) is 31.6 Å². The highest BCUT2D eigenvalue weighted by Crippen LogP contribution is 2.29. The summed E-state index contributed by atoms with van der Waals surface area (Å²) in [6.45, 7) is 2.57. The molecular weight excluding hydrogens is 404 g/mol. The van der Waals surface area contributed by atoms with Gasteiger partial charge in [0, 0.05) is 44.0 Å². The number of piperidine rings is 2. The second-order valence-corrected chi connectivity index (χ2v) is 8.70. The summed E-state index contributed by atoms with van der Waals surface area (Å²) in [5, 5.41) is 2.94. The average Bonchev–Trinajstić information content (AvgIpc) is 3.29. The standard InChI is InChI=1S/C24H28N6O2/c31-23(18-8-6-14-30(16-18)24(32)26-19-9-2-1-3-10-19)29-13-5-7-17(15-29)21-27-20-11-4-12-25-22(20)28-21/h1-4,9-12,17-18H,5-8,13-16H2,(H,26,32)(H,25,27,28). The lowest BCUT2D eigenvalue weighted by Gasteiger charge is -2.38. The summed E-state index contributed by atoms with van der Waals surface area (Å²) in [6.07, 6.45) is 5.35. The number of aromatic amines is 1. The summed E-state index contributed by atoms with van der Waals surface area (Å²) >= 11 is 0. The van der Waals surface area contributed by atoms with Gasteiger partial charge in [-0.3, -0.25) is 4.79 Å². The number of anilines is 1. The Kier molecular flexibility index (Phi) is 5.75. The number of pyridine rings is 1. The van der Waals surface area contributed by atoms with Gasteiger partial charge in [-0.15, -0.1) is 0 Å². The first-order valence-corrected chi connectivity index (χ1v) is 11.4. The van der Waals surface area contributed by atoms with Crippen LogP contribution in [0.3, 0.4) is 0 Å². The summed E-state index contributed by atoms with van der Waals surface area (Å²) < 4.78 is 0. The van der Waals surface area contributed by atoms with Crippen LogP contribution in [0.5, 0.6) is 0 Å². The smallest absolute Gasteiger partial charge is 0.321 e. The molecule has 3 amide bonds.